The molecule has 116 valence electrons. The van der Waals surface area contributed by atoms with E-state index < -0.39 is 0 Å². The summed E-state index contributed by atoms with van der Waals surface area (Å²) >= 11 is 0. The number of hydrogen-bond donors (Lipinski definition) is 2. The summed E-state index contributed by atoms with van der Waals surface area (Å²) in [5.74, 6) is -0.174. The summed E-state index contributed by atoms with van der Waals surface area (Å²) in [5.41, 5.74) is 6.89. The lowest BCUT2D eigenvalue weighted by molar-refractivity contribution is -0.125. The summed E-state index contributed by atoms with van der Waals surface area (Å²) in [6.07, 6.45) is 0.747. The van der Waals surface area contributed by atoms with Crippen molar-refractivity contribution < 1.29 is 9.53 Å². The van der Waals surface area contributed by atoms with E-state index in [9.17, 15) is 4.79 Å². The van der Waals surface area contributed by atoms with Crippen LogP contribution < -0.4 is 11.1 Å². The molecule has 21 heavy (non-hydrogen) atoms. The molecule has 1 aromatic carbocycles. The molecule has 5 heteroatoms. The Morgan fingerprint density at radius 1 is 1.48 bits per heavy atom. The summed E-state index contributed by atoms with van der Waals surface area (Å²) in [7, 11) is 2.06. The number of hydrogen-bond acceptors (Lipinski definition) is 4. The van der Waals surface area contributed by atoms with Crippen LogP contribution in [0, 0.1) is 5.92 Å². The zero-order chi connectivity index (χ0) is 15.1. The van der Waals surface area contributed by atoms with E-state index in [1.807, 2.05) is 30.3 Å². The summed E-state index contributed by atoms with van der Waals surface area (Å²) < 4.78 is 5.64. The molecule has 1 fully saturated rings. The number of benzene rings is 1. The molecule has 1 aromatic rings. The minimum Gasteiger partial charge on any atom is -0.374 e. The number of likely N-dealkylation sites (N-methyl/N-ethyl adjacent to an activating group) is 1. The van der Waals surface area contributed by atoms with Crippen LogP contribution in [0.4, 0.5) is 0 Å². The summed E-state index contributed by atoms with van der Waals surface area (Å²) in [5, 5.41) is 2.97. The van der Waals surface area contributed by atoms with Gasteiger partial charge in [-0.05, 0) is 19.0 Å². The third kappa shape index (κ3) is 5.12. The Morgan fingerprint density at radius 2 is 2.24 bits per heavy atom. The molecule has 0 aliphatic carbocycles. The van der Waals surface area contributed by atoms with Gasteiger partial charge in [0.25, 0.3) is 0 Å². The first kappa shape index (κ1) is 15.9. The van der Waals surface area contributed by atoms with Gasteiger partial charge in [0.05, 0.1) is 18.6 Å². The molecule has 1 heterocycles. The maximum Gasteiger partial charge on any atom is 0.224 e. The van der Waals surface area contributed by atoms with Gasteiger partial charge in [0.2, 0.25) is 5.91 Å². The molecule has 2 atom stereocenters. The molecule has 0 bridgehead atoms. The van der Waals surface area contributed by atoms with Crippen LogP contribution in [0.2, 0.25) is 0 Å². The number of nitrogens with two attached hydrogens (primary N) is 1. The minimum absolute atomic E-state index is 0.0122. The summed E-state index contributed by atoms with van der Waals surface area (Å²) in [4.78, 5) is 14.5. The van der Waals surface area contributed by atoms with Gasteiger partial charge in [-0.25, -0.2) is 0 Å². The monoisotopic (exact) mass is 291 g/mol. The van der Waals surface area contributed by atoms with Crippen LogP contribution in [0.3, 0.4) is 0 Å². The van der Waals surface area contributed by atoms with Crippen LogP contribution in [0.15, 0.2) is 30.3 Å². The first-order chi connectivity index (χ1) is 10.2. The van der Waals surface area contributed by atoms with Crippen molar-refractivity contribution in [1.29, 1.82) is 0 Å². The van der Waals surface area contributed by atoms with Crippen LogP contribution in [-0.2, 0) is 16.0 Å². The fourth-order valence-electron chi connectivity index (χ4n) is 2.53. The molecule has 2 unspecified atom stereocenters. The number of carbonyl (C=O) groups excluding carboxylic acids is 1. The van der Waals surface area contributed by atoms with E-state index in [0.717, 1.165) is 25.3 Å². The van der Waals surface area contributed by atoms with Crippen molar-refractivity contribution in [2.75, 3.05) is 39.8 Å². The molecule has 1 saturated heterocycles. The zero-order valence-electron chi connectivity index (χ0n) is 12.6. The fraction of sp³-hybridized carbons (Fsp3) is 0.562. The van der Waals surface area contributed by atoms with Crippen LogP contribution >= 0.6 is 0 Å². The Balaban J connectivity index is 1.80. The number of morpholine rings is 1. The molecule has 0 saturated carbocycles. The van der Waals surface area contributed by atoms with Gasteiger partial charge in [0.1, 0.15) is 0 Å². The second-order valence-electron chi connectivity index (χ2n) is 5.62. The van der Waals surface area contributed by atoms with Crippen molar-refractivity contribution >= 4 is 5.91 Å². The second kappa shape index (κ2) is 8.12. The number of rotatable bonds is 6. The third-order valence-corrected chi connectivity index (χ3v) is 3.83. The highest BCUT2D eigenvalue weighted by Gasteiger charge is 2.21. The van der Waals surface area contributed by atoms with E-state index in [4.69, 9.17) is 10.5 Å². The minimum atomic E-state index is -0.186. The fourth-order valence-corrected chi connectivity index (χ4v) is 2.53. The summed E-state index contributed by atoms with van der Waals surface area (Å²) in [6.45, 7) is 3.43. The molecule has 0 aromatic heterocycles. The molecule has 3 N–H and O–H groups in total. The van der Waals surface area contributed by atoms with E-state index in [-0.39, 0.29) is 17.9 Å². The van der Waals surface area contributed by atoms with E-state index in [1.165, 1.54) is 0 Å². The highest BCUT2D eigenvalue weighted by Crippen LogP contribution is 2.08. The average Bonchev–Trinajstić information content (AvgIpc) is 2.51. The highest BCUT2D eigenvalue weighted by molar-refractivity contribution is 5.79. The Hall–Kier alpha value is -1.43. The predicted molar refractivity (Wildman–Crippen MR) is 82.9 cm³/mol. The first-order valence-electron chi connectivity index (χ1n) is 7.51. The van der Waals surface area contributed by atoms with Crippen LogP contribution in [-0.4, -0.2) is 56.7 Å². The number of amides is 1. The number of carbonyl (C=O) groups is 1. The van der Waals surface area contributed by atoms with Gasteiger partial charge in [-0.1, -0.05) is 30.3 Å². The first-order valence-corrected chi connectivity index (χ1v) is 7.51. The van der Waals surface area contributed by atoms with Gasteiger partial charge < -0.3 is 20.7 Å². The van der Waals surface area contributed by atoms with Gasteiger partial charge in [-0.2, -0.15) is 0 Å². The van der Waals surface area contributed by atoms with Crippen molar-refractivity contribution in [1.82, 2.24) is 10.2 Å². The topological polar surface area (TPSA) is 67.6 Å². The highest BCUT2D eigenvalue weighted by atomic mass is 16.5. The van der Waals surface area contributed by atoms with Gasteiger partial charge in [0, 0.05) is 26.2 Å². The molecule has 1 aliphatic heterocycles. The standard InChI is InChI=1S/C16H25N3O2/c1-19-7-8-21-15(12-19)11-18-16(20)14(10-17)9-13-5-3-2-4-6-13/h2-6,14-15H,7-12,17H2,1H3,(H,18,20). The molecule has 0 radical (unpaired) electrons. The van der Waals surface area contributed by atoms with Gasteiger partial charge in [0.15, 0.2) is 0 Å². The largest absolute Gasteiger partial charge is 0.374 e. The van der Waals surface area contributed by atoms with Gasteiger partial charge in [-0.15, -0.1) is 0 Å². The number of nitrogens with zero attached hydrogens (tertiary/aromatic N) is 1. The summed E-state index contributed by atoms with van der Waals surface area (Å²) in [6, 6.07) is 9.97. The number of ether oxygens (including phenoxy) is 1. The van der Waals surface area contributed by atoms with Crippen molar-refractivity contribution in [2.24, 2.45) is 11.7 Å². The number of nitrogens with one attached hydrogen (secondary N) is 1. The zero-order valence-corrected chi connectivity index (χ0v) is 12.6. The SMILES string of the molecule is CN1CCOC(CNC(=O)C(CN)Cc2ccccc2)C1. The van der Waals surface area contributed by atoms with E-state index in [0.29, 0.717) is 19.5 Å². The molecule has 1 amide bonds. The van der Waals surface area contributed by atoms with Crippen molar-refractivity contribution in [3.8, 4) is 0 Å². The Morgan fingerprint density at radius 3 is 2.90 bits per heavy atom. The Labute approximate surface area is 126 Å². The third-order valence-electron chi connectivity index (χ3n) is 3.83. The maximum atomic E-state index is 12.2. The lowest BCUT2D eigenvalue weighted by Crippen LogP contribution is -2.47. The quantitative estimate of drug-likeness (QED) is 0.788. The molecule has 2 rings (SSSR count). The van der Waals surface area contributed by atoms with Gasteiger partial charge in [-0.3, -0.25) is 4.79 Å². The lowest BCUT2D eigenvalue weighted by atomic mass is 9.98. The molecule has 0 spiro atoms. The van der Waals surface area contributed by atoms with E-state index >= 15 is 0 Å². The van der Waals surface area contributed by atoms with Crippen molar-refractivity contribution in [2.45, 2.75) is 12.5 Å². The molecular formula is C16H25N3O2. The Kier molecular flexibility index (Phi) is 6.17. The van der Waals surface area contributed by atoms with Gasteiger partial charge >= 0.3 is 0 Å². The second-order valence-corrected chi connectivity index (χ2v) is 5.62. The van der Waals surface area contributed by atoms with Crippen LogP contribution in [0.5, 0.6) is 0 Å². The van der Waals surface area contributed by atoms with E-state index in [1.54, 1.807) is 0 Å². The molecular weight excluding hydrogens is 266 g/mol. The molecule has 1 aliphatic rings. The van der Waals surface area contributed by atoms with Crippen LogP contribution in [0.1, 0.15) is 5.56 Å². The van der Waals surface area contributed by atoms with Crippen molar-refractivity contribution in [3.63, 3.8) is 0 Å². The normalized spacial score (nSPS) is 21.0. The molecule has 5 nitrogen and oxygen atoms in total. The van der Waals surface area contributed by atoms with Crippen molar-refractivity contribution in [3.05, 3.63) is 35.9 Å². The van der Waals surface area contributed by atoms with Crippen LogP contribution in [0.25, 0.3) is 0 Å². The smallest absolute Gasteiger partial charge is 0.224 e. The maximum absolute atomic E-state index is 12.2. The predicted octanol–water partition coefficient (Wildman–Crippen LogP) is 0.251. The van der Waals surface area contributed by atoms with E-state index in [2.05, 4.69) is 17.3 Å². The Bertz CT molecular complexity index is 438. The average molecular weight is 291 g/mol. The lowest BCUT2D eigenvalue weighted by Gasteiger charge is -2.30.